The highest BCUT2D eigenvalue weighted by Crippen LogP contribution is 2.22. The maximum Gasteiger partial charge on any atom is 0.239 e. The second-order valence-electron chi connectivity index (χ2n) is 6.44. The molecule has 2 aliphatic heterocycles. The molecule has 23 heavy (non-hydrogen) atoms. The van der Waals surface area contributed by atoms with Gasteiger partial charge >= 0.3 is 0 Å². The third kappa shape index (κ3) is 4.12. The van der Waals surface area contributed by atoms with Crippen molar-refractivity contribution in [2.75, 3.05) is 31.1 Å². The molecular weight excluding hydrogens is 312 g/mol. The van der Waals surface area contributed by atoms with Gasteiger partial charge in [-0.2, -0.15) is 0 Å². The lowest BCUT2D eigenvalue weighted by atomic mass is 10.1. The zero-order chi connectivity index (χ0) is 16.3. The van der Waals surface area contributed by atoms with E-state index in [0.29, 0.717) is 19.5 Å². The molecule has 1 amide bonds. The van der Waals surface area contributed by atoms with E-state index in [4.69, 9.17) is 0 Å². The van der Waals surface area contributed by atoms with Crippen molar-refractivity contribution in [3.63, 3.8) is 0 Å². The lowest BCUT2D eigenvalue weighted by molar-refractivity contribution is -0.135. The zero-order valence-electron chi connectivity index (χ0n) is 13.4. The van der Waals surface area contributed by atoms with E-state index in [2.05, 4.69) is 17.0 Å². The normalized spacial score (nSPS) is 25.2. The topological polar surface area (TPSA) is 57.7 Å². The first-order chi connectivity index (χ1) is 11.1. The Kier molecular flexibility index (Phi) is 5.02. The Bertz CT molecular complexity index is 645. The van der Waals surface area contributed by atoms with Crippen molar-refractivity contribution < 1.29 is 13.2 Å². The van der Waals surface area contributed by atoms with Crippen LogP contribution in [0.3, 0.4) is 0 Å². The molecule has 1 unspecified atom stereocenters. The number of sulfone groups is 1. The van der Waals surface area contributed by atoms with Crippen molar-refractivity contribution >= 4 is 15.7 Å². The summed E-state index contributed by atoms with van der Waals surface area (Å²) in [7, 11) is -2.98. The second kappa shape index (κ2) is 7.01. The van der Waals surface area contributed by atoms with Crippen LogP contribution < -0.4 is 0 Å². The first-order valence-electron chi connectivity index (χ1n) is 8.32. The van der Waals surface area contributed by atoms with Crippen LogP contribution >= 0.6 is 0 Å². The third-order valence-electron chi connectivity index (χ3n) is 4.74. The Morgan fingerprint density at radius 2 is 1.83 bits per heavy atom. The average molecular weight is 336 g/mol. The maximum atomic E-state index is 12.9. The Morgan fingerprint density at radius 1 is 1.04 bits per heavy atom. The molecule has 3 rings (SSSR count). The van der Waals surface area contributed by atoms with Crippen molar-refractivity contribution in [1.82, 2.24) is 9.80 Å². The van der Waals surface area contributed by atoms with Gasteiger partial charge in [0.25, 0.3) is 0 Å². The number of carbonyl (C=O) groups excluding carboxylic acids is 1. The minimum absolute atomic E-state index is 0.101. The van der Waals surface area contributed by atoms with E-state index < -0.39 is 9.84 Å². The first kappa shape index (κ1) is 16.5. The SMILES string of the molecule is O=C(C1CCCN1Cc1ccccc1)N1CCCS(=O)(=O)CC1. The van der Waals surface area contributed by atoms with Crippen LogP contribution in [-0.2, 0) is 21.2 Å². The molecule has 5 nitrogen and oxygen atoms in total. The molecule has 126 valence electrons. The summed E-state index contributed by atoms with van der Waals surface area (Å²) < 4.78 is 23.4. The van der Waals surface area contributed by atoms with E-state index in [1.165, 1.54) is 5.56 Å². The highest BCUT2D eigenvalue weighted by atomic mass is 32.2. The molecule has 6 heteroatoms. The van der Waals surface area contributed by atoms with Crippen LogP contribution in [0.4, 0.5) is 0 Å². The van der Waals surface area contributed by atoms with Crippen molar-refractivity contribution in [2.45, 2.75) is 31.8 Å². The summed E-state index contributed by atoms with van der Waals surface area (Å²) in [6.45, 7) is 2.62. The van der Waals surface area contributed by atoms with Gasteiger partial charge in [-0.25, -0.2) is 8.42 Å². The fourth-order valence-corrected chi connectivity index (χ4v) is 4.75. The van der Waals surface area contributed by atoms with Gasteiger partial charge in [0.15, 0.2) is 9.84 Å². The average Bonchev–Trinajstić information content (AvgIpc) is 2.90. The highest BCUT2D eigenvalue weighted by molar-refractivity contribution is 7.91. The van der Waals surface area contributed by atoms with Crippen molar-refractivity contribution in [1.29, 1.82) is 0 Å². The predicted octanol–water partition coefficient (Wildman–Crippen LogP) is 1.30. The summed E-state index contributed by atoms with van der Waals surface area (Å²) in [6, 6.07) is 10.1. The number of rotatable bonds is 3. The summed E-state index contributed by atoms with van der Waals surface area (Å²) in [5.41, 5.74) is 1.21. The summed E-state index contributed by atoms with van der Waals surface area (Å²) in [6.07, 6.45) is 2.45. The number of amides is 1. The smallest absolute Gasteiger partial charge is 0.239 e. The molecule has 1 aromatic rings. The van der Waals surface area contributed by atoms with Gasteiger partial charge in [0.05, 0.1) is 17.5 Å². The Hall–Kier alpha value is -1.40. The van der Waals surface area contributed by atoms with Gasteiger partial charge in [0.2, 0.25) is 5.91 Å². The van der Waals surface area contributed by atoms with Gasteiger partial charge in [-0.05, 0) is 31.4 Å². The van der Waals surface area contributed by atoms with E-state index in [0.717, 1.165) is 25.9 Å². The molecule has 2 aliphatic rings. The van der Waals surface area contributed by atoms with Crippen molar-refractivity contribution in [3.05, 3.63) is 35.9 Å². The fourth-order valence-electron chi connectivity index (χ4n) is 3.48. The third-order valence-corrected chi connectivity index (χ3v) is 6.46. The van der Waals surface area contributed by atoms with Gasteiger partial charge in [0.1, 0.15) is 0 Å². The van der Waals surface area contributed by atoms with E-state index >= 15 is 0 Å². The number of benzene rings is 1. The van der Waals surface area contributed by atoms with E-state index in [-0.39, 0.29) is 23.5 Å². The van der Waals surface area contributed by atoms with Crippen LogP contribution in [0, 0.1) is 0 Å². The molecule has 0 aliphatic carbocycles. The van der Waals surface area contributed by atoms with Crippen LogP contribution in [0.25, 0.3) is 0 Å². The largest absolute Gasteiger partial charge is 0.340 e. The lowest BCUT2D eigenvalue weighted by Gasteiger charge is -2.29. The molecular formula is C17H24N2O3S. The molecule has 0 bridgehead atoms. The molecule has 1 aromatic carbocycles. The van der Waals surface area contributed by atoms with Gasteiger partial charge in [0, 0.05) is 19.6 Å². The van der Waals surface area contributed by atoms with Crippen molar-refractivity contribution in [3.8, 4) is 0 Å². The van der Waals surface area contributed by atoms with Crippen LogP contribution in [0.1, 0.15) is 24.8 Å². The minimum Gasteiger partial charge on any atom is -0.340 e. The number of likely N-dealkylation sites (tertiary alicyclic amines) is 1. The minimum atomic E-state index is -2.98. The standard InChI is InChI=1S/C17H24N2O3S/c20-17(18-10-5-12-23(21,22)13-11-18)16-8-4-9-19(16)14-15-6-2-1-3-7-15/h1-3,6-7,16H,4-5,8-14H2. The van der Waals surface area contributed by atoms with E-state index in [1.807, 2.05) is 18.2 Å². The number of hydrogen-bond donors (Lipinski definition) is 0. The van der Waals surface area contributed by atoms with Gasteiger partial charge in [-0.3, -0.25) is 9.69 Å². The van der Waals surface area contributed by atoms with Crippen LogP contribution in [0.15, 0.2) is 30.3 Å². The van der Waals surface area contributed by atoms with Crippen LogP contribution in [0.2, 0.25) is 0 Å². The molecule has 0 saturated carbocycles. The molecule has 2 fully saturated rings. The van der Waals surface area contributed by atoms with Gasteiger partial charge < -0.3 is 4.90 Å². The molecule has 2 saturated heterocycles. The molecule has 0 N–H and O–H groups in total. The highest BCUT2D eigenvalue weighted by Gasteiger charge is 2.34. The Balaban J connectivity index is 1.66. The first-order valence-corrected chi connectivity index (χ1v) is 10.1. The Morgan fingerprint density at radius 3 is 2.61 bits per heavy atom. The second-order valence-corrected chi connectivity index (χ2v) is 8.75. The predicted molar refractivity (Wildman–Crippen MR) is 89.7 cm³/mol. The molecule has 0 radical (unpaired) electrons. The summed E-state index contributed by atoms with van der Waals surface area (Å²) in [5.74, 6) is 0.412. The number of carbonyl (C=O) groups is 1. The lowest BCUT2D eigenvalue weighted by Crippen LogP contribution is -2.46. The number of hydrogen-bond acceptors (Lipinski definition) is 4. The van der Waals surface area contributed by atoms with E-state index in [9.17, 15) is 13.2 Å². The zero-order valence-corrected chi connectivity index (χ0v) is 14.2. The quantitative estimate of drug-likeness (QED) is 0.835. The molecule has 0 spiro atoms. The summed E-state index contributed by atoms with van der Waals surface area (Å²) >= 11 is 0. The molecule has 2 heterocycles. The monoisotopic (exact) mass is 336 g/mol. The van der Waals surface area contributed by atoms with Gasteiger partial charge in [-0.1, -0.05) is 30.3 Å². The van der Waals surface area contributed by atoms with E-state index in [1.54, 1.807) is 4.90 Å². The fraction of sp³-hybridized carbons (Fsp3) is 0.588. The van der Waals surface area contributed by atoms with Crippen LogP contribution in [-0.4, -0.2) is 61.3 Å². The maximum absolute atomic E-state index is 12.9. The van der Waals surface area contributed by atoms with Crippen molar-refractivity contribution in [2.24, 2.45) is 0 Å². The number of nitrogens with zero attached hydrogens (tertiary/aromatic N) is 2. The molecule has 1 atom stereocenters. The Labute approximate surface area is 138 Å². The van der Waals surface area contributed by atoms with Gasteiger partial charge in [-0.15, -0.1) is 0 Å². The molecule has 0 aromatic heterocycles. The summed E-state index contributed by atoms with van der Waals surface area (Å²) in [4.78, 5) is 16.8. The summed E-state index contributed by atoms with van der Waals surface area (Å²) in [5, 5.41) is 0. The van der Waals surface area contributed by atoms with Crippen LogP contribution in [0.5, 0.6) is 0 Å².